The van der Waals surface area contributed by atoms with Gasteiger partial charge < -0.3 is 5.11 Å². The fraction of sp³-hybridized carbons (Fsp3) is 0.571. The second kappa shape index (κ2) is 5.36. The maximum absolute atomic E-state index is 13.0. The van der Waals surface area contributed by atoms with Crippen LogP contribution in [0, 0.1) is 11.2 Å². The van der Waals surface area contributed by atoms with Gasteiger partial charge in [-0.25, -0.2) is 4.39 Å². The van der Waals surface area contributed by atoms with Crippen LogP contribution in [-0.2, 0) is 6.42 Å². The first-order chi connectivity index (χ1) is 8.15. The van der Waals surface area contributed by atoms with Crippen LogP contribution in [0.3, 0.4) is 0 Å². The summed E-state index contributed by atoms with van der Waals surface area (Å²) in [4.78, 5) is 0. The van der Waals surface area contributed by atoms with E-state index >= 15 is 0 Å². The molecule has 0 heterocycles. The highest BCUT2D eigenvalue weighted by Crippen LogP contribution is 2.40. The van der Waals surface area contributed by atoms with Crippen LogP contribution in [0.2, 0.25) is 5.02 Å². The second-order valence-corrected chi connectivity index (χ2v) is 5.54. The number of aliphatic hydroxyl groups is 1. The summed E-state index contributed by atoms with van der Waals surface area (Å²) in [6.45, 7) is 0.195. The first-order valence-electron chi connectivity index (χ1n) is 6.20. The summed E-state index contributed by atoms with van der Waals surface area (Å²) in [6, 6.07) is 4.53. The van der Waals surface area contributed by atoms with Gasteiger partial charge in [0.15, 0.2) is 0 Å². The molecule has 1 aromatic rings. The third-order valence-electron chi connectivity index (χ3n) is 3.83. The van der Waals surface area contributed by atoms with Crippen molar-refractivity contribution in [3.63, 3.8) is 0 Å². The summed E-state index contributed by atoms with van der Waals surface area (Å²) < 4.78 is 13.0. The second-order valence-electron chi connectivity index (χ2n) is 5.13. The molecule has 0 spiro atoms. The van der Waals surface area contributed by atoms with E-state index in [9.17, 15) is 9.50 Å². The molecule has 3 heteroatoms. The minimum atomic E-state index is -0.305. The Balaban J connectivity index is 2.17. The summed E-state index contributed by atoms with van der Waals surface area (Å²) in [7, 11) is 0. The Labute approximate surface area is 107 Å². The molecule has 2 rings (SSSR count). The predicted octanol–water partition coefficient (Wildman–Crippen LogP) is 3.96. The molecule has 0 atom stereocenters. The molecule has 0 saturated heterocycles. The molecule has 1 N–H and O–H groups in total. The zero-order valence-corrected chi connectivity index (χ0v) is 10.6. The van der Waals surface area contributed by atoms with Gasteiger partial charge in [-0.05, 0) is 42.4 Å². The highest BCUT2D eigenvalue weighted by atomic mass is 35.5. The molecule has 1 aliphatic rings. The Bertz CT molecular complexity index is 386. The minimum Gasteiger partial charge on any atom is -0.396 e. The van der Waals surface area contributed by atoms with E-state index in [-0.39, 0.29) is 17.8 Å². The van der Waals surface area contributed by atoms with Crippen molar-refractivity contribution in [3.8, 4) is 0 Å². The van der Waals surface area contributed by atoms with Crippen LogP contribution in [0.15, 0.2) is 18.2 Å². The van der Waals surface area contributed by atoms with Gasteiger partial charge in [0.1, 0.15) is 5.82 Å². The predicted molar refractivity (Wildman–Crippen MR) is 67.7 cm³/mol. The largest absolute Gasteiger partial charge is 0.396 e. The van der Waals surface area contributed by atoms with Gasteiger partial charge in [0.2, 0.25) is 0 Å². The first-order valence-corrected chi connectivity index (χ1v) is 6.58. The van der Waals surface area contributed by atoms with E-state index < -0.39 is 0 Å². The molecule has 0 bridgehead atoms. The van der Waals surface area contributed by atoms with E-state index in [0.717, 1.165) is 24.8 Å². The van der Waals surface area contributed by atoms with Crippen molar-refractivity contribution in [2.24, 2.45) is 5.41 Å². The topological polar surface area (TPSA) is 20.2 Å². The molecular weight excluding hydrogens is 239 g/mol. The Morgan fingerprint density at radius 2 is 1.94 bits per heavy atom. The highest BCUT2D eigenvalue weighted by molar-refractivity contribution is 6.31. The van der Waals surface area contributed by atoms with Gasteiger partial charge in [0.25, 0.3) is 0 Å². The molecule has 0 aliphatic heterocycles. The number of rotatable bonds is 3. The fourth-order valence-electron chi connectivity index (χ4n) is 2.76. The van der Waals surface area contributed by atoms with E-state index in [0.29, 0.717) is 5.02 Å². The number of aliphatic hydroxyl groups excluding tert-OH is 1. The van der Waals surface area contributed by atoms with Gasteiger partial charge in [-0.2, -0.15) is 0 Å². The molecule has 1 aliphatic carbocycles. The average Bonchev–Trinajstić information content (AvgIpc) is 2.34. The Kier molecular flexibility index (Phi) is 4.05. The number of hydrogen-bond acceptors (Lipinski definition) is 1. The van der Waals surface area contributed by atoms with Crippen LogP contribution >= 0.6 is 11.6 Å². The quantitative estimate of drug-likeness (QED) is 0.868. The number of benzene rings is 1. The van der Waals surface area contributed by atoms with Crippen molar-refractivity contribution in [2.45, 2.75) is 38.5 Å². The zero-order chi connectivity index (χ0) is 12.3. The summed E-state index contributed by atoms with van der Waals surface area (Å²) in [5, 5.41) is 10.1. The summed E-state index contributed by atoms with van der Waals surface area (Å²) >= 11 is 6.05. The average molecular weight is 257 g/mol. The van der Waals surface area contributed by atoms with Crippen molar-refractivity contribution < 1.29 is 9.50 Å². The van der Waals surface area contributed by atoms with E-state index in [4.69, 9.17) is 11.6 Å². The molecule has 1 aromatic carbocycles. The molecule has 0 unspecified atom stereocenters. The standard InChI is InChI=1S/C14H18ClFO/c15-13-8-12(16)5-4-11(13)9-14(10-17)6-2-1-3-7-14/h4-5,8,17H,1-3,6-7,9-10H2. The van der Waals surface area contributed by atoms with Crippen LogP contribution in [0.1, 0.15) is 37.7 Å². The van der Waals surface area contributed by atoms with Gasteiger partial charge in [0, 0.05) is 11.6 Å². The van der Waals surface area contributed by atoms with Crippen molar-refractivity contribution in [3.05, 3.63) is 34.6 Å². The molecule has 0 amide bonds. The smallest absolute Gasteiger partial charge is 0.124 e. The van der Waals surface area contributed by atoms with Crippen LogP contribution in [0.5, 0.6) is 0 Å². The van der Waals surface area contributed by atoms with Gasteiger partial charge in [0.05, 0.1) is 0 Å². The molecule has 1 fully saturated rings. The van der Waals surface area contributed by atoms with E-state index in [1.165, 1.54) is 31.4 Å². The Morgan fingerprint density at radius 3 is 2.53 bits per heavy atom. The van der Waals surface area contributed by atoms with Crippen molar-refractivity contribution in [1.82, 2.24) is 0 Å². The number of hydrogen-bond donors (Lipinski definition) is 1. The Hall–Kier alpha value is -0.600. The lowest BCUT2D eigenvalue weighted by molar-refractivity contribution is 0.0823. The molecule has 0 radical (unpaired) electrons. The summed E-state index contributed by atoms with van der Waals surface area (Å²) in [5.74, 6) is -0.305. The van der Waals surface area contributed by atoms with Crippen LogP contribution in [-0.4, -0.2) is 11.7 Å². The maximum Gasteiger partial charge on any atom is 0.124 e. The molecule has 1 saturated carbocycles. The first kappa shape index (κ1) is 12.8. The zero-order valence-electron chi connectivity index (χ0n) is 9.88. The Morgan fingerprint density at radius 1 is 1.24 bits per heavy atom. The van der Waals surface area contributed by atoms with Gasteiger partial charge >= 0.3 is 0 Å². The van der Waals surface area contributed by atoms with Gasteiger partial charge in [-0.1, -0.05) is 36.9 Å². The van der Waals surface area contributed by atoms with Crippen LogP contribution < -0.4 is 0 Å². The molecular formula is C14H18ClFO. The van der Waals surface area contributed by atoms with Crippen molar-refractivity contribution in [2.75, 3.05) is 6.61 Å². The monoisotopic (exact) mass is 256 g/mol. The maximum atomic E-state index is 13.0. The van der Waals surface area contributed by atoms with Crippen LogP contribution in [0.4, 0.5) is 4.39 Å². The van der Waals surface area contributed by atoms with E-state index in [2.05, 4.69) is 0 Å². The van der Waals surface area contributed by atoms with E-state index in [1.54, 1.807) is 6.07 Å². The molecule has 17 heavy (non-hydrogen) atoms. The summed E-state index contributed by atoms with van der Waals surface area (Å²) in [6.07, 6.45) is 6.41. The van der Waals surface area contributed by atoms with Crippen molar-refractivity contribution >= 4 is 11.6 Å². The molecule has 1 nitrogen and oxygen atoms in total. The van der Waals surface area contributed by atoms with Gasteiger partial charge in [-0.3, -0.25) is 0 Å². The van der Waals surface area contributed by atoms with Gasteiger partial charge in [-0.15, -0.1) is 0 Å². The SMILES string of the molecule is OCC1(Cc2ccc(F)cc2Cl)CCCCC1. The minimum absolute atomic E-state index is 0.0419. The third kappa shape index (κ3) is 2.99. The third-order valence-corrected chi connectivity index (χ3v) is 4.18. The van der Waals surface area contributed by atoms with Crippen molar-refractivity contribution in [1.29, 1.82) is 0 Å². The lowest BCUT2D eigenvalue weighted by atomic mass is 9.71. The normalized spacial score (nSPS) is 19.2. The fourth-order valence-corrected chi connectivity index (χ4v) is 3.00. The lowest BCUT2D eigenvalue weighted by Gasteiger charge is -2.36. The van der Waals surface area contributed by atoms with Crippen LogP contribution in [0.25, 0.3) is 0 Å². The molecule has 0 aromatic heterocycles. The lowest BCUT2D eigenvalue weighted by Crippen LogP contribution is -2.30. The molecule has 94 valence electrons. The number of halogens is 2. The highest BCUT2D eigenvalue weighted by Gasteiger charge is 2.32. The van der Waals surface area contributed by atoms with E-state index in [1.807, 2.05) is 0 Å². The summed E-state index contributed by atoms with van der Waals surface area (Å²) in [5.41, 5.74) is 0.906.